The molecule has 3 nitrogen and oxygen atoms in total. The van der Waals surface area contributed by atoms with E-state index in [0.29, 0.717) is 17.6 Å². The maximum atomic E-state index is 6.88. The summed E-state index contributed by atoms with van der Waals surface area (Å²) in [5.74, 6) is 3.83. The molecular weight excluding hydrogens is 659 g/mol. The number of ether oxygens (including phenoxy) is 2. The first-order valence-corrected chi connectivity index (χ1v) is 19.0. The summed E-state index contributed by atoms with van der Waals surface area (Å²) in [6.45, 7) is 0. The predicted molar refractivity (Wildman–Crippen MR) is 215 cm³/mol. The van der Waals surface area contributed by atoms with Crippen LogP contribution in [0.3, 0.4) is 0 Å². The Balaban J connectivity index is 0.936. The van der Waals surface area contributed by atoms with Gasteiger partial charge in [-0.05, 0) is 122 Å². The van der Waals surface area contributed by atoms with Gasteiger partial charge in [0.25, 0.3) is 0 Å². The average Bonchev–Trinajstić information content (AvgIpc) is 3.51. The fourth-order valence-electron chi connectivity index (χ4n) is 11.2. The van der Waals surface area contributed by atoms with E-state index in [2.05, 4.69) is 181 Å². The fraction of sp³-hybridized carbons (Fsp3) is 0.0980. The second-order valence-electron chi connectivity index (χ2n) is 15.6. The van der Waals surface area contributed by atoms with E-state index in [0.717, 1.165) is 40.7 Å². The molecule has 0 saturated heterocycles. The number of para-hydroxylation sites is 1. The highest BCUT2D eigenvalue weighted by atomic mass is 16.6. The summed E-state index contributed by atoms with van der Waals surface area (Å²) in [4.78, 5) is 2.31. The zero-order valence-electron chi connectivity index (χ0n) is 29.4. The number of fused-ring (bicyclic) bond motifs is 14. The van der Waals surface area contributed by atoms with Gasteiger partial charge in [-0.2, -0.15) is 0 Å². The number of allylic oxidation sites excluding steroid dienone is 4. The average molecular weight is 692 g/mol. The summed E-state index contributed by atoms with van der Waals surface area (Å²) in [7, 11) is 0. The van der Waals surface area contributed by atoms with Crippen molar-refractivity contribution in [2.45, 2.75) is 17.3 Å². The third kappa shape index (κ3) is 3.48. The summed E-state index contributed by atoms with van der Waals surface area (Å²) >= 11 is 0. The third-order valence-corrected chi connectivity index (χ3v) is 13.2. The quantitative estimate of drug-likeness (QED) is 0.184. The minimum absolute atomic E-state index is 0.0309. The van der Waals surface area contributed by atoms with Crippen LogP contribution in [-0.2, 0) is 17.3 Å². The van der Waals surface area contributed by atoms with E-state index < -0.39 is 0 Å². The number of nitrogens with zero attached hydrogens (tertiary/aromatic N) is 1. The van der Waals surface area contributed by atoms with E-state index in [1.165, 1.54) is 55.6 Å². The molecule has 0 amide bonds. The van der Waals surface area contributed by atoms with E-state index in [9.17, 15) is 0 Å². The Kier molecular flexibility index (Phi) is 5.41. The molecule has 1 fully saturated rings. The van der Waals surface area contributed by atoms with Crippen LogP contribution in [0.1, 0.15) is 33.4 Å². The molecule has 6 aliphatic rings. The van der Waals surface area contributed by atoms with Crippen LogP contribution in [0.25, 0.3) is 22.3 Å². The molecule has 2 spiro atoms. The molecule has 7 aromatic rings. The molecule has 1 heterocycles. The molecule has 5 aliphatic carbocycles. The van der Waals surface area contributed by atoms with E-state index >= 15 is 0 Å². The van der Waals surface area contributed by atoms with Gasteiger partial charge in [0.15, 0.2) is 23.0 Å². The molecule has 4 atom stereocenters. The zero-order valence-corrected chi connectivity index (χ0v) is 29.4. The molecule has 254 valence electrons. The van der Waals surface area contributed by atoms with Crippen LogP contribution in [0.15, 0.2) is 176 Å². The van der Waals surface area contributed by atoms with Gasteiger partial charge < -0.3 is 14.4 Å². The van der Waals surface area contributed by atoms with Crippen molar-refractivity contribution in [3.8, 4) is 45.3 Å². The minimum Gasteiger partial charge on any atom is -0.449 e. The van der Waals surface area contributed by atoms with Gasteiger partial charge in [0.1, 0.15) is 0 Å². The van der Waals surface area contributed by atoms with Gasteiger partial charge in [-0.1, -0.05) is 121 Å². The van der Waals surface area contributed by atoms with Crippen LogP contribution in [0.5, 0.6) is 23.0 Å². The summed E-state index contributed by atoms with van der Waals surface area (Å²) in [5, 5.41) is 0. The van der Waals surface area contributed by atoms with Crippen molar-refractivity contribution in [2.75, 3.05) is 4.90 Å². The van der Waals surface area contributed by atoms with Gasteiger partial charge in [0, 0.05) is 22.9 Å². The zero-order chi connectivity index (χ0) is 35.2. The van der Waals surface area contributed by atoms with Crippen LogP contribution in [0.4, 0.5) is 17.1 Å². The first kappa shape index (κ1) is 28.9. The van der Waals surface area contributed by atoms with Crippen molar-refractivity contribution in [2.24, 2.45) is 11.8 Å². The lowest BCUT2D eigenvalue weighted by Gasteiger charge is -2.33. The van der Waals surface area contributed by atoms with Crippen molar-refractivity contribution in [3.05, 3.63) is 209 Å². The molecule has 0 bridgehead atoms. The van der Waals surface area contributed by atoms with Crippen LogP contribution >= 0.6 is 0 Å². The molecule has 54 heavy (non-hydrogen) atoms. The number of rotatable bonds is 3. The van der Waals surface area contributed by atoms with Gasteiger partial charge in [-0.15, -0.1) is 0 Å². The smallest absolute Gasteiger partial charge is 0.172 e. The summed E-state index contributed by atoms with van der Waals surface area (Å²) in [6.07, 6.45) is 10.4. The highest BCUT2D eigenvalue weighted by Crippen LogP contribution is 2.80. The molecule has 3 heteroatoms. The normalized spacial score (nSPS) is 23.0. The lowest BCUT2D eigenvalue weighted by atomic mass is 9.69. The third-order valence-electron chi connectivity index (χ3n) is 13.2. The first-order chi connectivity index (χ1) is 26.7. The summed E-state index contributed by atoms with van der Waals surface area (Å²) in [6, 6.07) is 55.3. The summed E-state index contributed by atoms with van der Waals surface area (Å²) < 4.78 is 13.7. The Hall–Kier alpha value is -6.58. The fourth-order valence-corrected chi connectivity index (χ4v) is 11.2. The van der Waals surface area contributed by atoms with E-state index in [4.69, 9.17) is 9.47 Å². The van der Waals surface area contributed by atoms with Crippen molar-refractivity contribution >= 4 is 17.1 Å². The summed E-state index contributed by atoms with van der Waals surface area (Å²) in [5.41, 5.74) is 16.5. The molecule has 1 aliphatic heterocycles. The van der Waals surface area contributed by atoms with E-state index in [-0.39, 0.29) is 10.8 Å². The van der Waals surface area contributed by atoms with Crippen molar-refractivity contribution in [3.63, 3.8) is 0 Å². The topological polar surface area (TPSA) is 21.7 Å². The van der Waals surface area contributed by atoms with Crippen LogP contribution in [0.2, 0.25) is 0 Å². The van der Waals surface area contributed by atoms with Crippen LogP contribution in [0, 0.1) is 11.8 Å². The molecule has 2 unspecified atom stereocenters. The first-order valence-electron chi connectivity index (χ1n) is 19.0. The van der Waals surface area contributed by atoms with Gasteiger partial charge in [0.05, 0.1) is 11.1 Å². The molecule has 0 aromatic heterocycles. The lowest BCUT2D eigenvalue weighted by molar-refractivity contribution is 0.358. The van der Waals surface area contributed by atoms with Gasteiger partial charge in [0.2, 0.25) is 0 Å². The second kappa shape index (κ2) is 10.1. The molecular formula is C51H33NO2. The van der Waals surface area contributed by atoms with Crippen molar-refractivity contribution in [1.29, 1.82) is 0 Å². The molecule has 0 radical (unpaired) electrons. The number of hydrogen-bond acceptors (Lipinski definition) is 3. The Morgan fingerprint density at radius 2 is 1.15 bits per heavy atom. The second-order valence-corrected chi connectivity index (χ2v) is 15.6. The van der Waals surface area contributed by atoms with Crippen LogP contribution < -0.4 is 14.4 Å². The maximum Gasteiger partial charge on any atom is 0.172 e. The highest BCUT2D eigenvalue weighted by molar-refractivity contribution is 5.90. The van der Waals surface area contributed by atoms with Crippen molar-refractivity contribution in [1.82, 2.24) is 0 Å². The largest absolute Gasteiger partial charge is 0.449 e. The SMILES string of the molecule is C1=C[C@@H]2[C@H]3C4(c5ccccc5-c5cc6c(cc54)Oc4ccc(N(c5ccccc5)c5ccc7c(c5)-c5ccccc5C7)cc4O6)c4ccccc4C23C=C1. The lowest BCUT2D eigenvalue weighted by Crippen LogP contribution is -2.29. The Labute approximate surface area is 314 Å². The maximum absolute atomic E-state index is 6.88. The number of anilines is 3. The predicted octanol–water partition coefficient (Wildman–Crippen LogP) is 12.6. The molecule has 0 N–H and O–H groups in total. The Morgan fingerprint density at radius 3 is 2.06 bits per heavy atom. The highest BCUT2D eigenvalue weighted by Gasteiger charge is 2.78. The van der Waals surface area contributed by atoms with Gasteiger partial charge in [-0.3, -0.25) is 0 Å². The monoisotopic (exact) mass is 691 g/mol. The number of benzene rings is 7. The van der Waals surface area contributed by atoms with Gasteiger partial charge in [-0.25, -0.2) is 0 Å². The molecule has 7 aromatic carbocycles. The van der Waals surface area contributed by atoms with Crippen molar-refractivity contribution < 1.29 is 9.47 Å². The molecule has 13 rings (SSSR count). The Bertz CT molecular complexity index is 2850. The minimum atomic E-state index is -0.263. The van der Waals surface area contributed by atoms with Gasteiger partial charge >= 0.3 is 0 Å². The number of hydrogen-bond donors (Lipinski definition) is 0. The standard InChI is InChI=1S/C51H33NO2/c1-2-13-33(14-3-1)52(34-22-21-32-26-31-12-4-5-15-36(31)38(32)27-34)35-23-24-45-46(28-35)54-47-29-39-37-16-6-7-17-40(37)51(44(39)30-48(47)53-45)42-19-9-8-18-41(42)50-25-11-10-20-43(50)49(50)51/h1-25,27-30,43,49H,26H2/t43-,49-,50?,51?/m1/s1. The van der Waals surface area contributed by atoms with Crippen LogP contribution in [-0.4, -0.2) is 0 Å². The van der Waals surface area contributed by atoms with E-state index in [1.54, 1.807) is 0 Å². The molecule has 1 saturated carbocycles. The van der Waals surface area contributed by atoms with E-state index in [1.807, 2.05) is 0 Å². The Morgan fingerprint density at radius 1 is 0.463 bits per heavy atom.